The smallest absolute Gasteiger partial charge is 0.162 e. The maximum Gasteiger partial charge on any atom is 0.162 e. The molecule has 0 aliphatic heterocycles. The average Bonchev–Trinajstić information content (AvgIpc) is 2.68. The minimum Gasteiger partial charge on any atom is -0.294 e. The van der Waals surface area contributed by atoms with Crippen molar-refractivity contribution in [2.75, 3.05) is 0 Å². The van der Waals surface area contributed by atoms with Crippen molar-refractivity contribution in [1.29, 1.82) is 0 Å². The Morgan fingerprint density at radius 3 is 1.89 bits per heavy atom. The van der Waals surface area contributed by atoms with Crippen molar-refractivity contribution in [2.45, 2.75) is 65.2 Å². The Morgan fingerprint density at radius 2 is 1.32 bits per heavy atom. The van der Waals surface area contributed by atoms with E-state index in [-0.39, 0.29) is 17.0 Å². The van der Waals surface area contributed by atoms with Crippen molar-refractivity contribution < 1.29 is 9.59 Å². The van der Waals surface area contributed by atoms with E-state index < -0.39 is 0 Å². The standard InChI is InChI=1S/C26H32O2/c1-6-10-24(27)21-13-8-12-20(16-21)19(3)18-26(4,5)23-15-9-14-22(17-23)25(28)11-7-2/h8-9,12-17H,3,6-7,10-11,18H2,1-2,4-5H3. The summed E-state index contributed by atoms with van der Waals surface area (Å²) in [6.45, 7) is 12.7. The van der Waals surface area contributed by atoms with Crippen LogP contribution in [-0.2, 0) is 5.41 Å². The molecule has 0 fully saturated rings. The molecule has 2 rings (SSSR count). The van der Waals surface area contributed by atoms with E-state index in [4.69, 9.17) is 0 Å². The van der Waals surface area contributed by atoms with Gasteiger partial charge in [0.15, 0.2) is 11.6 Å². The Kier molecular flexibility index (Phi) is 7.51. The molecule has 0 N–H and O–H groups in total. The van der Waals surface area contributed by atoms with Gasteiger partial charge in [-0.05, 0) is 53.5 Å². The third-order valence-corrected chi connectivity index (χ3v) is 5.17. The Bertz CT molecular complexity index is 858. The van der Waals surface area contributed by atoms with Crippen molar-refractivity contribution in [2.24, 2.45) is 0 Å². The van der Waals surface area contributed by atoms with E-state index in [0.717, 1.165) is 47.1 Å². The topological polar surface area (TPSA) is 34.1 Å². The average molecular weight is 377 g/mol. The second kappa shape index (κ2) is 9.64. The van der Waals surface area contributed by atoms with Gasteiger partial charge in [-0.2, -0.15) is 0 Å². The monoisotopic (exact) mass is 376 g/mol. The van der Waals surface area contributed by atoms with Gasteiger partial charge in [0.05, 0.1) is 0 Å². The fourth-order valence-corrected chi connectivity index (χ4v) is 3.51. The van der Waals surface area contributed by atoms with Gasteiger partial charge >= 0.3 is 0 Å². The Morgan fingerprint density at radius 1 is 0.821 bits per heavy atom. The normalized spacial score (nSPS) is 11.3. The van der Waals surface area contributed by atoms with Crippen molar-refractivity contribution >= 4 is 17.1 Å². The molecule has 0 aliphatic rings. The lowest BCUT2D eigenvalue weighted by molar-refractivity contribution is 0.0973. The Labute approximate surface area is 169 Å². The zero-order chi connectivity index (χ0) is 20.7. The van der Waals surface area contributed by atoms with E-state index in [1.165, 1.54) is 0 Å². The number of benzene rings is 2. The first kappa shape index (κ1) is 21.8. The maximum absolute atomic E-state index is 12.3. The van der Waals surface area contributed by atoms with Crippen LogP contribution >= 0.6 is 0 Å². The number of hydrogen-bond donors (Lipinski definition) is 0. The van der Waals surface area contributed by atoms with Crippen LogP contribution in [0.15, 0.2) is 55.1 Å². The molecular formula is C26H32O2. The molecule has 2 aromatic rings. The summed E-state index contributed by atoms with van der Waals surface area (Å²) in [5.41, 5.74) is 4.52. The van der Waals surface area contributed by atoms with E-state index >= 15 is 0 Å². The number of Topliss-reactive ketones (excluding diaryl/α,β-unsaturated/α-hetero) is 2. The Hall–Kier alpha value is -2.48. The molecule has 0 atom stereocenters. The van der Waals surface area contributed by atoms with Gasteiger partial charge < -0.3 is 0 Å². The zero-order valence-corrected chi connectivity index (χ0v) is 17.7. The van der Waals surface area contributed by atoms with E-state index in [1.807, 2.05) is 56.3 Å². The molecule has 0 aliphatic carbocycles. The molecule has 0 amide bonds. The first-order valence-electron chi connectivity index (χ1n) is 10.2. The zero-order valence-electron chi connectivity index (χ0n) is 17.7. The predicted molar refractivity (Wildman–Crippen MR) is 118 cm³/mol. The molecule has 0 bridgehead atoms. The number of carbonyl (C=O) groups is 2. The lowest BCUT2D eigenvalue weighted by atomic mass is 9.77. The molecule has 28 heavy (non-hydrogen) atoms. The summed E-state index contributed by atoms with van der Waals surface area (Å²) in [6.07, 6.45) is 3.61. The summed E-state index contributed by atoms with van der Waals surface area (Å²) >= 11 is 0. The summed E-state index contributed by atoms with van der Waals surface area (Å²) in [7, 11) is 0. The van der Waals surface area contributed by atoms with Crippen LogP contribution in [0.25, 0.3) is 5.57 Å². The third kappa shape index (κ3) is 5.51. The van der Waals surface area contributed by atoms with Gasteiger partial charge in [-0.1, -0.05) is 70.7 Å². The van der Waals surface area contributed by atoms with Gasteiger partial charge in [0.2, 0.25) is 0 Å². The van der Waals surface area contributed by atoms with E-state index in [0.29, 0.717) is 12.8 Å². The first-order valence-corrected chi connectivity index (χ1v) is 10.2. The van der Waals surface area contributed by atoms with Crippen LogP contribution in [-0.4, -0.2) is 11.6 Å². The minimum absolute atomic E-state index is 0.164. The van der Waals surface area contributed by atoms with Crippen molar-refractivity contribution in [3.8, 4) is 0 Å². The van der Waals surface area contributed by atoms with Gasteiger partial charge in [0.1, 0.15) is 0 Å². The second-order valence-corrected chi connectivity index (χ2v) is 8.17. The number of carbonyl (C=O) groups excluding carboxylic acids is 2. The van der Waals surface area contributed by atoms with Gasteiger partial charge in [-0.3, -0.25) is 9.59 Å². The lowest BCUT2D eigenvalue weighted by Gasteiger charge is -2.27. The van der Waals surface area contributed by atoms with E-state index in [9.17, 15) is 9.59 Å². The molecule has 0 unspecified atom stereocenters. The fraction of sp³-hybridized carbons (Fsp3) is 0.385. The van der Waals surface area contributed by atoms with Crippen molar-refractivity contribution in [1.82, 2.24) is 0 Å². The molecule has 0 spiro atoms. The number of allylic oxidation sites excluding steroid dienone is 1. The number of rotatable bonds is 10. The molecule has 0 heterocycles. The predicted octanol–water partition coefficient (Wildman–Crippen LogP) is 7.03. The van der Waals surface area contributed by atoms with Gasteiger partial charge in [0, 0.05) is 24.0 Å². The highest BCUT2D eigenvalue weighted by Crippen LogP contribution is 2.34. The van der Waals surface area contributed by atoms with Crippen LogP contribution in [0.1, 0.15) is 91.6 Å². The highest BCUT2D eigenvalue weighted by atomic mass is 16.1. The minimum atomic E-state index is -0.164. The summed E-state index contributed by atoms with van der Waals surface area (Å²) in [6, 6.07) is 15.7. The molecule has 2 nitrogen and oxygen atoms in total. The lowest BCUT2D eigenvalue weighted by Crippen LogP contribution is -2.18. The van der Waals surface area contributed by atoms with Gasteiger partial charge in [-0.25, -0.2) is 0 Å². The van der Waals surface area contributed by atoms with Crippen LogP contribution in [0.2, 0.25) is 0 Å². The van der Waals surface area contributed by atoms with Crippen LogP contribution in [0.4, 0.5) is 0 Å². The molecule has 2 heteroatoms. The summed E-state index contributed by atoms with van der Waals surface area (Å²) in [4.78, 5) is 24.5. The van der Waals surface area contributed by atoms with Crippen molar-refractivity contribution in [3.05, 3.63) is 77.4 Å². The summed E-state index contributed by atoms with van der Waals surface area (Å²) in [5.74, 6) is 0.375. The Balaban J connectivity index is 2.21. The molecule has 0 saturated carbocycles. The van der Waals surface area contributed by atoms with Crippen LogP contribution in [0.3, 0.4) is 0 Å². The van der Waals surface area contributed by atoms with Crippen LogP contribution in [0.5, 0.6) is 0 Å². The summed E-state index contributed by atoms with van der Waals surface area (Å²) < 4.78 is 0. The van der Waals surface area contributed by atoms with E-state index in [2.05, 4.69) is 26.5 Å². The SMILES string of the molecule is C=C(CC(C)(C)c1cccc(C(=O)CCC)c1)c1cccc(C(=O)CCC)c1. The highest BCUT2D eigenvalue weighted by Gasteiger charge is 2.23. The fourth-order valence-electron chi connectivity index (χ4n) is 3.51. The summed E-state index contributed by atoms with van der Waals surface area (Å²) in [5, 5.41) is 0. The van der Waals surface area contributed by atoms with Gasteiger partial charge in [-0.15, -0.1) is 0 Å². The largest absolute Gasteiger partial charge is 0.294 e. The molecule has 0 radical (unpaired) electrons. The molecule has 148 valence electrons. The molecule has 0 aromatic heterocycles. The maximum atomic E-state index is 12.3. The highest BCUT2D eigenvalue weighted by molar-refractivity contribution is 5.97. The molecule has 2 aromatic carbocycles. The third-order valence-electron chi connectivity index (χ3n) is 5.17. The first-order chi connectivity index (χ1) is 13.3. The van der Waals surface area contributed by atoms with Crippen molar-refractivity contribution in [3.63, 3.8) is 0 Å². The van der Waals surface area contributed by atoms with Gasteiger partial charge in [0.25, 0.3) is 0 Å². The molecule has 0 saturated heterocycles. The van der Waals surface area contributed by atoms with Crippen LogP contribution in [0, 0.1) is 0 Å². The quantitative estimate of drug-likeness (QED) is 0.417. The van der Waals surface area contributed by atoms with Crippen LogP contribution < -0.4 is 0 Å². The molecular weight excluding hydrogens is 344 g/mol. The number of ketones is 2. The second-order valence-electron chi connectivity index (χ2n) is 8.17. The van der Waals surface area contributed by atoms with E-state index in [1.54, 1.807) is 0 Å². The number of hydrogen-bond acceptors (Lipinski definition) is 2.